The molecule has 1 fully saturated rings. The molecule has 1 aromatic rings. The van der Waals surface area contributed by atoms with Gasteiger partial charge in [0.05, 0.1) is 0 Å². The minimum atomic E-state index is 0.133. The van der Waals surface area contributed by atoms with E-state index in [0.717, 1.165) is 30.2 Å². The van der Waals surface area contributed by atoms with Gasteiger partial charge in [0.25, 0.3) is 0 Å². The van der Waals surface area contributed by atoms with Gasteiger partial charge in [-0.15, -0.1) is 0 Å². The minimum absolute atomic E-state index is 0.133. The van der Waals surface area contributed by atoms with Gasteiger partial charge in [-0.2, -0.15) is 0 Å². The summed E-state index contributed by atoms with van der Waals surface area (Å²) in [7, 11) is 0. The molecular formula is C16H24Cl2N2. The molecule has 0 aromatic heterocycles. The second-order valence-corrected chi connectivity index (χ2v) is 7.50. The number of halogens is 2. The molecule has 1 aromatic carbocycles. The third kappa shape index (κ3) is 3.67. The molecule has 1 unspecified atom stereocenters. The SMILES string of the molecule is CC(C)C1CN(Cc2ccc(Cl)cc2Cl)C(C)(C)CN1. The fourth-order valence-corrected chi connectivity index (χ4v) is 3.09. The highest BCUT2D eigenvalue weighted by molar-refractivity contribution is 6.35. The summed E-state index contributed by atoms with van der Waals surface area (Å²) in [5, 5.41) is 5.10. The largest absolute Gasteiger partial charge is 0.311 e. The van der Waals surface area contributed by atoms with Gasteiger partial charge in [-0.25, -0.2) is 0 Å². The summed E-state index contributed by atoms with van der Waals surface area (Å²) in [4.78, 5) is 2.52. The van der Waals surface area contributed by atoms with Crippen LogP contribution in [0.1, 0.15) is 33.3 Å². The molecule has 1 aliphatic rings. The second-order valence-electron chi connectivity index (χ2n) is 6.66. The maximum absolute atomic E-state index is 6.31. The zero-order valence-electron chi connectivity index (χ0n) is 12.7. The Morgan fingerprint density at radius 1 is 1.35 bits per heavy atom. The number of nitrogens with zero attached hydrogens (tertiary/aromatic N) is 1. The van der Waals surface area contributed by atoms with E-state index >= 15 is 0 Å². The maximum atomic E-state index is 6.31. The van der Waals surface area contributed by atoms with Gasteiger partial charge in [0.2, 0.25) is 0 Å². The zero-order chi connectivity index (χ0) is 14.9. The summed E-state index contributed by atoms with van der Waals surface area (Å²) in [6.07, 6.45) is 0. The molecule has 1 N–H and O–H groups in total. The first-order chi connectivity index (χ1) is 9.29. The van der Waals surface area contributed by atoms with Crippen LogP contribution in [0.4, 0.5) is 0 Å². The lowest BCUT2D eigenvalue weighted by Crippen LogP contribution is -2.62. The van der Waals surface area contributed by atoms with Crippen molar-refractivity contribution in [2.24, 2.45) is 5.92 Å². The van der Waals surface area contributed by atoms with Gasteiger partial charge in [-0.1, -0.05) is 43.1 Å². The van der Waals surface area contributed by atoms with E-state index in [9.17, 15) is 0 Å². The fourth-order valence-electron chi connectivity index (χ4n) is 2.62. The molecule has 2 nitrogen and oxygen atoms in total. The van der Waals surface area contributed by atoms with Crippen LogP contribution in [0.2, 0.25) is 10.0 Å². The molecule has 4 heteroatoms. The Labute approximate surface area is 132 Å². The third-order valence-corrected chi connectivity index (χ3v) is 4.84. The van der Waals surface area contributed by atoms with E-state index in [4.69, 9.17) is 23.2 Å². The number of nitrogens with one attached hydrogen (secondary N) is 1. The highest BCUT2D eigenvalue weighted by atomic mass is 35.5. The van der Waals surface area contributed by atoms with Crippen molar-refractivity contribution in [2.45, 2.75) is 45.8 Å². The molecule has 0 amide bonds. The summed E-state index contributed by atoms with van der Waals surface area (Å²) >= 11 is 12.3. The monoisotopic (exact) mass is 314 g/mol. The molecule has 0 spiro atoms. The second kappa shape index (κ2) is 6.23. The lowest BCUT2D eigenvalue weighted by molar-refractivity contribution is 0.0475. The van der Waals surface area contributed by atoms with Crippen LogP contribution in [0.15, 0.2) is 18.2 Å². The van der Waals surface area contributed by atoms with Crippen LogP contribution >= 0.6 is 23.2 Å². The van der Waals surface area contributed by atoms with E-state index in [2.05, 4.69) is 37.9 Å². The summed E-state index contributed by atoms with van der Waals surface area (Å²) in [6.45, 7) is 12.0. The van der Waals surface area contributed by atoms with E-state index < -0.39 is 0 Å². The molecule has 1 atom stereocenters. The minimum Gasteiger partial charge on any atom is -0.311 e. The standard InChI is InChI=1S/C16H24Cl2N2/c1-11(2)15-9-20(16(3,4)10-19-15)8-12-5-6-13(17)7-14(12)18/h5-7,11,15,19H,8-10H2,1-4H3. The van der Waals surface area contributed by atoms with Crippen molar-refractivity contribution in [1.29, 1.82) is 0 Å². The van der Waals surface area contributed by atoms with Crippen LogP contribution in [-0.2, 0) is 6.54 Å². The average Bonchev–Trinajstić information content (AvgIpc) is 2.34. The number of hydrogen-bond donors (Lipinski definition) is 1. The summed E-state index contributed by atoms with van der Waals surface area (Å²) in [5.41, 5.74) is 1.28. The van der Waals surface area contributed by atoms with E-state index in [1.807, 2.05) is 18.2 Å². The van der Waals surface area contributed by atoms with Crippen LogP contribution in [-0.4, -0.2) is 29.6 Å². The van der Waals surface area contributed by atoms with Crippen molar-refractivity contribution in [1.82, 2.24) is 10.2 Å². The van der Waals surface area contributed by atoms with Crippen LogP contribution in [0.3, 0.4) is 0 Å². The molecule has 0 bridgehead atoms. The topological polar surface area (TPSA) is 15.3 Å². The third-order valence-electron chi connectivity index (χ3n) is 4.25. The zero-order valence-corrected chi connectivity index (χ0v) is 14.2. The van der Waals surface area contributed by atoms with Crippen molar-refractivity contribution in [3.63, 3.8) is 0 Å². The predicted octanol–water partition coefficient (Wildman–Crippen LogP) is 4.20. The molecule has 1 saturated heterocycles. The number of piperazine rings is 1. The Hall–Kier alpha value is -0.280. The molecule has 0 aliphatic carbocycles. The summed E-state index contributed by atoms with van der Waals surface area (Å²) in [5.74, 6) is 0.634. The van der Waals surface area contributed by atoms with Crippen molar-refractivity contribution in [3.8, 4) is 0 Å². The molecule has 1 heterocycles. The molecule has 112 valence electrons. The normalized spacial score (nSPS) is 23.2. The Morgan fingerprint density at radius 2 is 2.05 bits per heavy atom. The van der Waals surface area contributed by atoms with Crippen LogP contribution < -0.4 is 5.32 Å². The summed E-state index contributed by atoms with van der Waals surface area (Å²) in [6, 6.07) is 6.31. The van der Waals surface area contributed by atoms with Gasteiger partial charge in [0.1, 0.15) is 0 Å². The van der Waals surface area contributed by atoms with Crippen LogP contribution in [0.25, 0.3) is 0 Å². The van der Waals surface area contributed by atoms with Gasteiger partial charge in [-0.05, 0) is 37.5 Å². The highest BCUT2D eigenvalue weighted by Gasteiger charge is 2.34. The van der Waals surface area contributed by atoms with E-state index in [0.29, 0.717) is 17.0 Å². The van der Waals surface area contributed by atoms with E-state index in [1.165, 1.54) is 0 Å². The van der Waals surface area contributed by atoms with Gasteiger partial charge in [0.15, 0.2) is 0 Å². The maximum Gasteiger partial charge on any atom is 0.0465 e. The smallest absolute Gasteiger partial charge is 0.0465 e. The molecule has 20 heavy (non-hydrogen) atoms. The van der Waals surface area contributed by atoms with Gasteiger partial charge >= 0.3 is 0 Å². The fraction of sp³-hybridized carbons (Fsp3) is 0.625. The van der Waals surface area contributed by atoms with E-state index in [1.54, 1.807) is 0 Å². The lowest BCUT2D eigenvalue weighted by Gasteiger charge is -2.47. The Kier molecular flexibility index (Phi) is 5.01. The van der Waals surface area contributed by atoms with Gasteiger partial charge < -0.3 is 5.32 Å². The first-order valence-corrected chi connectivity index (χ1v) is 7.97. The van der Waals surface area contributed by atoms with Crippen molar-refractivity contribution in [3.05, 3.63) is 33.8 Å². The Bertz CT molecular complexity index is 472. The van der Waals surface area contributed by atoms with Gasteiger partial charge in [-0.3, -0.25) is 4.90 Å². The highest BCUT2D eigenvalue weighted by Crippen LogP contribution is 2.27. The molecule has 1 aliphatic heterocycles. The molecule has 0 radical (unpaired) electrons. The molecule has 0 saturated carbocycles. The Morgan fingerprint density at radius 3 is 2.65 bits per heavy atom. The Balaban J connectivity index is 2.16. The van der Waals surface area contributed by atoms with Crippen molar-refractivity contribution in [2.75, 3.05) is 13.1 Å². The number of hydrogen-bond acceptors (Lipinski definition) is 2. The van der Waals surface area contributed by atoms with Gasteiger partial charge in [0, 0.05) is 41.3 Å². The predicted molar refractivity (Wildman–Crippen MR) is 87.6 cm³/mol. The van der Waals surface area contributed by atoms with Crippen LogP contribution in [0, 0.1) is 5.92 Å². The average molecular weight is 315 g/mol. The molecule has 2 rings (SSSR count). The first kappa shape index (κ1) is 16.1. The summed E-state index contributed by atoms with van der Waals surface area (Å²) < 4.78 is 0. The number of benzene rings is 1. The van der Waals surface area contributed by atoms with E-state index in [-0.39, 0.29) is 5.54 Å². The van der Waals surface area contributed by atoms with Crippen molar-refractivity contribution >= 4 is 23.2 Å². The quantitative estimate of drug-likeness (QED) is 0.899. The molecular weight excluding hydrogens is 291 g/mol. The number of rotatable bonds is 3. The lowest BCUT2D eigenvalue weighted by atomic mass is 9.92. The first-order valence-electron chi connectivity index (χ1n) is 7.22. The van der Waals surface area contributed by atoms with Crippen LogP contribution in [0.5, 0.6) is 0 Å². The van der Waals surface area contributed by atoms with Crippen molar-refractivity contribution < 1.29 is 0 Å².